The van der Waals surface area contributed by atoms with Gasteiger partial charge in [-0.3, -0.25) is 4.90 Å². The Morgan fingerprint density at radius 3 is 2.76 bits per heavy atom. The van der Waals surface area contributed by atoms with E-state index in [0.717, 1.165) is 18.5 Å². The lowest BCUT2D eigenvalue weighted by atomic mass is 10.0. The summed E-state index contributed by atoms with van der Waals surface area (Å²) in [6, 6.07) is 8.23. The highest BCUT2D eigenvalue weighted by atomic mass is 16.4. The minimum atomic E-state index is 0.181. The lowest BCUT2D eigenvalue weighted by Gasteiger charge is -2.23. The molecule has 0 amide bonds. The monoisotopic (exact) mass is 287 g/mol. The van der Waals surface area contributed by atoms with Gasteiger partial charge in [0.2, 0.25) is 11.8 Å². The van der Waals surface area contributed by atoms with Crippen molar-refractivity contribution in [2.75, 3.05) is 13.2 Å². The topological polar surface area (TPSA) is 62.4 Å². The van der Waals surface area contributed by atoms with Gasteiger partial charge in [0, 0.05) is 11.6 Å². The molecule has 1 aromatic carbocycles. The molecule has 0 aliphatic carbocycles. The normalized spacial score (nSPS) is 22.8. The van der Waals surface area contributed by atoms with Crippen LogP contribution in [-0.2, 0) is 6.54 Å². The number of rotatable bonds is 4. The Bertz CT molecular complexity index is 594. The van der Waals surface area contributed by atoms with E-state index in [2.05, 4.69) is 22.0 Å². The molecule has 0 spiro atoms. The highest BCUT2D eigenvalue weighted by Gasteiger charge is 2.31. The molecule has 1 N–H and O–H groups in total. The standard InChI is InChI=1S/C16H21N3O2/c1-11-3-5-13(6-4-11)16-18-17-15(21-16)9-19-8-7-12(2)14(19)10-20/h3-6,12,14,20H,7-10H2,1-2H3. The molecule has 5 nitrogen and oxygen atoms in total. The van der Waals surface area contributed by atoms with E-state index in [-0.39, 0.29) is 12.6 Å². The number of hydrogen-bond donors (Lipinski definition) is 1. The maximum absolute atomic E-state index is 9.49. The van der Waals surface area contributed by atoms with Gasteiger partial charge in [0.25, 0.3) is 0 Å². The summed E-state index contributed by atoms with van der Waals surface area (Å²) in [4.78, 5) is 2.22. The van der Waals surface area contributed by atoms with Crippen molar-refractivity contribution in [1.82, 2.24) is 15.1 Å². The van der Waals surface area contributed by atoms with Gasteiger partial charge in [-0.05, 0) is 37.9 Å². The zero-order valence-electron chi connectivity index (χ0n) is 12.5. The van der Waals surface area contributed by atoms with E-state index in [1.807, 2.05) is 31.2 Å². The molecule has 0 radical (unpaired) electrons. The average Bonchev–Trinajstić information content (AvgIpc) is 3.07. The summed E-state index contributed by atoms with van der Waals surface area (Å²) in [6.07, 6.45) is 1.10. The summed E-state index contributed by atoms with van der Waals surface area (Å²) in [5.41, 5.74) is 2.14. The van der Waals surface area contributed by atoms with Gasteiger partial charge >= 0.3 is 0 Å². The van der Waals surface area contributed by atoms with Gasteiger partial charge in [-0.1, -0.05) is 24.6 Å². The van der Waals surface area contributed by atoms with Gasteiger partial charge < -0.3 is 9.52 Å². The second kappa shape index (κ2) is 5.95. The van der Waals surface area contributed by atoms with Crippen LogP contribution in [-0.4, -0.2) is 39.4 Å². The van der Waals surface area contributed by atoms with E-state index in [4.69, 9.17) is 4.42 Å². The Kier molecular flexibility index (Phi) is 4.03. The van der Waals surface area contributed by atoms with Crippen LogP contribution in [0, 0.1) is 12.8 Å². The molecule has 3 rings (SSSR count). The molecule has 2 unspecified atom stereocenters. The van der Waals surface area contributed by atoms with Crippen LogP contribution in [0.3, 0.4) is 0 Å². The summed E-state index contributed by atoms with van der Waals surface area (Å²) in [6.45, 7) is 5.97. The van der Waals surface area contributed by atoms with E-state index >= 15 is 0 Å². The predicted molar refractivity (Wildman–Crippen MR) is 79.5 cm³/mol. The number of benzene rings is 1. The largest absolute Gasteiger partial charge is 0.419 e. The molecule has 0 bridgehead atoms. The first-order valence-corrected chi connectivity index (χ1v) is 7.41. The fourth-order valence-corrected chi connectivity index (χ4v) is 2.88. The number of hydrogen-bond acceptors (Lipinski definition) is 5. The number of nitrogens with zero attached hydrogens (tertiary/aromatic N) is 3. The first-order chi connectivity index (χ1) is 10.2. The summed E-state index contributed by atoms with van der Waals surface area (Å²) in [7, 11) is 0. The van der Waals surface area contributed by atoms with Crippen LogP contribution in [0.2, 0.25) is 0 Å². The van der Waals surface area contributed by atoms with Gasteiger partial charge in [-0.15, -0.1) is 10.2 Å². The summed E-state index contributed by atoms with van der Waals surface area (Å²) in [5, 5.41) is 17.7. The van der Waals surface area contributed by atoms with Gasteiger partial charge in [-0.25, -0.2) is 0 Å². The van der Waals surface area contributed by atoms with Crippen molar-refractivity contribution in [3.05, 3.63) is 35.7 Å². The third-order valence-electron chi connectivity index (χ3n) is 4.29. The second-order valence-corrected chi connectivity index (χ2v) is 5.85. The number of aliphatic hydroxyl groups excluding tert-OH is 1. The third-order valence-corrected chi connectivity index (χ3v) is 4.29. The van der Waals surface area contributed by atoms with Crippen molar-refractivity contribution < 1.29 is 9.52 Å². The van der Waals surface area contributed by atoms with Gasteiger partial charge in [0.05, 0.1) is 13.2 Å². The average molecular weight is 287 g/mol. The van der Waals surface area contributed by atoms with Crippen molar-refractivity contribution in [1.29, 1.82) is 0 Å². The Balaban J connectivity index is 1.72. The molecule has 21 heavy (non-hydrogen) atoms. The number of aliphatic hydroxyl groups is 1. The van der Waals surface area contributed by atoms with Crippen LogP contribution < -0.4 is 0 Å². The van der Waals surface area contributed by atoms with E-state index in [0.29, 0.717) is 24.2 Å². The van der Waals surface area contributed by atoms with Crippen molar-refractivity contribution in [3.8, 4) is 11.5 Å². The molecular formula is C16H21N3O2. The Hall–Kier alpha value is -1.72. The fourth-order valence-electron chi connectivity index (χ4n) is 2.88. The maximum Gasteiger partial charge on any atom is 0.247 e. The van der Waals surface area contributed by atoms with Crippen molar-refractivity contribution in [2.24, 2.45) is 5.92 Å². The SMILES string of the molecule is Cc1ccc(-c2nnc(CN3CCC(C)C3CO)o2)cc1. The van der Waals surface area contributed by atoms with E-state index in [1.54, 1.807) is 0 Å². The van der Waals surface area contributed by atoms with Gasteiger partial charge in [0.1, 0.15) is 0 Å². The zero-order chi connectivity index (χ0) is 14.8. The molecular weight excluding hydrogens is 266 g/mol. The summed E-state index contributed by atoms with van der Waals surface area (Å²) >= 11 is 0. The highest BCUT2D eigenvalue weighted by molar-refractivity contribution is 5.52. The molecule has 1 fully saturated rings. The lowest BCUT2D eigenvalue weighted by molar-refractivity contribution is 0.126. The van der Waals surface area contributed by atoms with Crippen molar-refractivity contribution in [3.63, 3.8) is 0 Å². The highest BCUT2D eigenvalue weighted by Crippen LogP contribution is 2.26. The first kappa shape index (κ1) is 14.2. The lowest BCUT2D eigenvalue weighted by Crippen LogP contribution is -2.34. The van der Waals surface area contributed by atoms with Crippen LogP contribution >= 0.6 is 0 Å². The number of aryl methyl sites for hydroxylation is 1. The van der Waals surface area contributed by atoms with Crippen LogP contribution in [0.25, 0.3) is 11.5 Å². The minimum absolute atomic E-state index is 0.181. The van der Waals surface area contributed by atoms with Crippen LogP contribution in [0.1, 0.15) is 24.8 Å². The van der Waals surface area contributed by atoms with Crippen LogP contribution in [0.4, 0.5) is 0 Å². The maximum atomic E-state index is 9.49. The molecule has 1 aromatic heterocycles. The van der Waals surface area contributed by atoms with Gasteiger partial charge in [-0.2, -0.15) is 0 Å². The van der Waals surface area contributed by atoms with E-state index in [1.165, 1.54) is 5.56 Å². The van der Waals surface area contributed by atoms with Crippen molar-refractivity contribution >= 4 is 0 Å². The Morgan fingerprint density at radius 2 is 2.05 bits per heavy atom. The molecule has 5 heteroatoms. The smallest absolute Gasteiger partial charge is 0.247 e. The quantitative estimate of drug-likeness (QED) is 0.934. The molecule has 112 valence electrons. The van der Waals surface area contributed by atoms with E-state index < -0.39 is 0 Å². The van der Waals surface area contributed by atoms with Crippen LogP contribution in [0.15, 0.2) is 28.7 Å². The Morgan fingerprint density at radius 1 is 1.29 bits per heavy atom. The molecule has 2 aromatic rings. The zero-order valence-corrected chi connectivity index (χ0v) is 12.5. The molecule has 2 heterocycles. The molecule has 1 aliphatic rings. The molecule has 0 saturated carbocycles. The fraction of sp³-hybridized carbons (Fsp3) is 0.500. The minimum Gasteiger partial charge on any atom is -0.419 e. The predicted octanol–water partition coefficient (Wildman–Crippen LogP) is 2.25. The van der Waals surface area contributed by atoms with Crippen molar-refractivity contribution in [2.45, 2.75) is 32.9 Å². The molecule has 1 saturated heterocycles. The second-order valence-electron chi connectivity index (χ2n) is 5.85. The van der Waals surface area contributed by atoms with Gasteiger partial charge in [0.15, 0.2) is 0 Å². The first-order valence-electron chi connectivity index (χ1n) is 7.41. The third kappa shape index (κ3) is 2.99. The number of likely N-dealkylation sites (tertiary alicyclic amines) is 1. The molecule has 2 atom stereocenters. The summed E-state index contributed by atoms with van der Waals surface area (Å²) < 4.78 is 5.75. The Labute approximate surface area is 124 Å². The molecule has 1 aliphatic heterocycles. The van der Waals surface area contributed by atoms with Crippen LogP contribution in [0.5, 0.6) is 0 Å². The van der Waals surface area contributed by atoms with E-state index in [9.17, 15) is 5.11 Å². The summed E-state index contributed by atoms with van der Waals surface area (Å²) in [5.74, 6) is 1.67. The number of aromatic nitrogens is 2.